The van der Waals surface area contributed by atoms with E-state index in [0.717, 1.165) is 30.8 Å². The Labute approximate surface area is 135 Å². The van der Waals surface area contributed by atoms with Gasteiger partial charge in [-0.3, -0.25) is 4.98 Å². The summed E-state index contributed by atoms with van der Waals surface area (Å²) in [5.74, 6) is 0.705. The van der Waals surface area contributed by atoms with Crippen LogP contribution >= 0.6 is 0 Å². The largest absolute Gasteiger partial charge is 0.371 e. The molecule has 0 radical (unpaired) electrons. The number of allylic oxidation sites excluding steroid dienone is 2. The van der Waals surface area contributed by atoms with Crippen molar-refractivity contribution in [1.29, 1.82) is 0 Å². The molecule has 1 aromatic heterocycles. The summed E-state index contributed by atoms with van der Waals surface area (Å²) in [5, 5.41) is 3.27. The fraction of sp³-hybridized carbons (Fsp3) is 0.444. The highest BCUT2D eigenvalue weighted by Crippen LogP contribution is 2.09. The standard InChI is InChI=1S/C18H26N4.H2/c1-3-17(18-9-4-5-10-20-18)15-21-16(2)19-11-8-14-22-12-6-7-13-22;/h3-5,9-10,15,19H,2,6-8,11-14H2,1H3;1H/b17-3+,21-15-;. The molecule has 1 aliphatic rings. The second-order valence-electron chi connectivity index (χ2n) is 5.49. The number of nitrogens with one attached hydrogen (secondary N) is 1. The third-order valence-electron chi connectivity index (χ3n) is 3.81. The minimum Gasteiger partial charge on any atom is -0.371 e. The van der Waals surface area contributed by atoms with Crippen LogP contribution in [0.4, 0.5) is 0 Å². The Balaban J connectivity index is 0.00000264. The van der Waals surface area contributed by atoms with Gasteiger partial charge in [0.15, 0.2) is 0 Å². The summed E-state index contributed by atoms with van der Waals surface area (Å²) < 4.78 is 0. The topological polar surface area (TPSA) is 40.5 Å². The van der Waals surface area contributed by atoms with E-state index in [1.165, 1.54) is 25.9 Å². The third kappa shape index (κ3) is 5.45. The maximum Gasteiger partial charge on any atom is 0.118 e. The first-order valence-electron chi connectivity index (χ1n) is 8.06. The monoisotopic (exact) mass is 300 g/mol. The molecule has 4 heteroatoms. The van der Waals surface area contributed by atoms with E-state index in [4.69, 9.17) is 0 Å². The van der Waals surface area contributed by atoms with Gasteiger partial charge in [-0.25, -0.2) is 4.99 Å². The molecule has 0 saturated carbocycles. The molecule has 0 aromatic carbocycles. The van der Waals surface area contributed by atoms with Crippen molar-refractivity contribution >= 4 is 11.8 Å². The molecule has 0 atom stereocenters. The average molecular weight is 300 g/mol. The van der Waals surface area contributed by atoms with Crippen molar-refractivity contribution in [2.45, 2.75) is 26.2 Å². The normalized spacial score (nSPS) is 16.3. The summed E-state index contributed by atoms with van der Waals surface area (Å²) in [5.41, 5.74) is 1.93. The fourth-order valence-corrected chi connectivity index (χ4v) is 2.56. The van der Waals surface area contributed by atoms with E-state index < -0.39 is 0 Å². The smallest absolute Gasteiger partial charge is 0.118 e. The zero-order chi connectivity index (χ0) is 15.6. The van der Waals surface area contributed by atoms with E-state index in [9.17, 15) is 0 Å². The zero-order valence-electron chi connectivity index (χ0n) is 13.5. The van der Waals surface area contributed by atoms with E-state index in [-0.39, 0.29) is 1.43 Å². The Morgan fingerprint density at radius 2 is 2.27 bits per heavy atom. The van der Waals surface area contributed by atoms with Gasteiger partial charge in [-0.15, -0.1) is 0 Å². The van der Waals surface area contributed by atoms with Crippen molar-refractivity contribution in [2.24, 2.45) is 4.99 Å². The summed E-state index contributed by atoms with van der Waals surface area (Å²) in [6.07, 6.45) is 9.45. The molecule has 120 valence electrons. The van der Waals surface area contributed by atoms with Crippen molar-refractivity contribution in [1.82, 2.24) is 15.2 Å². The molecule has 1 aromatic rings. The Kier molecular flexibility index (Phi) is 6.84. The lowest BCUT2D eigenvalue weighted by molar-refractivity contribution is 0.333. The minimum atomic E-state index is 0. The number of rotatable bonds is 8. The highest BCUT2D eigenvalue weighted by molar-refractivity contribution is 6.09. The maximum absolute atomic E-state index is 4.39. The molecule has 1 saturated heterocycles. The molecule has 1 N–H and O–H groups in total. The van der Waals surface area contributed by atoms with Crippen LogP contribution in [0.3, 0.4) is 0 Å². The summed E-state index contributed by atoms with van der Waals surface area (Å²) >= 11 is 0. The van der Waals surface area contributed by atoms with Crippen molar-refractivity contribution < 1.29 is 1.43 Å². The van der Waals surface area contributed by atoms with E-state index in [1.54, 1.807) is 6.20 Å². The number of aromatic nitrogens is 1. The average Bonchev–Trinajstić information content (AvgIpc) is 3.06. The number of likely N-dealkylation sites (tertiary alicyclic amines) is 1. The minimum absolute atomic E-state index is 0. The predicted molar refractivity (Wildman–Crippen MR) is 95.9 cm³/mol. The second-order valence-corrected chi connectivity index (χ2v) is 5.49. The van der Waals surface area contributed by atoms with Crippen LogP contribution in [-0.2, 0) is 0 Å². The van der Waals surface area contributed by atoms with Crippen LogP contribution in [0.25, 0.3) is 5.57 Å². The number of aliphatic imine (C=N–C) groups is 1. The first-order chi connectivity index (χ1) is 10.8. The van der Waals surface area contributed by atoms with Crippen molar-refractivity contribution in [3.63, 3.8) is 0 Å². The van der Waals surface area contributed by atoms with Crippen LogP contribution in [0.1, 0.15) is 33.3 Å². The molecule has 0 amide bonds. The van der Waals surface area contributed by atoms with Gasteiger partial charge in [0.05, 0.1) is 5.69 Å². The first kappa shape index (κ1) is 16.4. The van der Waals surface area contributed by atoms with Gasteiger partial charge in [0.2, 0.25) is 0 Å². The molecule has 2 rings (SSSR count). The van der Waals surface area contributed by atoms with E-state index in [2.05, 4.69) is 26.8 Å². The Morgan fingerprint density at radius 3 is 2.95 bits per heavy atom. The molecule has 0 spiro atoms. The van der Waals surface area contributed by atoms with E-state index >= 15 is 0 Å². The fourth-order valence-electron chi connectivity index (χ4n) is 2.56. The van der Waals surface area contributed by atoms with Crippen LogP contribution in [0.5, 0.6) is 0 Å². The number of pyridine rings is 1. The lowest BCUT2D eigenvalue weighted by atomic mass is 10.2. The third-order valence-corrected chi connectivity index (χ3v) is 3.81. The molecule has 2 heterocycles. The van der Waals surface area contributed by atoms with Gasteiger partial charge < -0.3 is 10.2 Å². The van der Waals surface area contributed by atoms with Gasteiger partial charge in [0, 0.05) is 26.0 Å². The summed E-state index contributed by atoms with van der Waals surface area (Å²) in [6.45, 7) is 10.5. The van der Waals surface area contributed by atoms with Gasteiger partial charge >= 0.3 is 0 Å². The summed E-state index contributed by atoms with van der Waals surface area (Å²) in [4.78, 5) is 11.2. The first-order valence-corrected chi connectivity index (χ1v) is 8.06. The van der Waals surface area contributed by atoms with Crippen molar-refractivity contribution in [3.05, 3.63) is 48.6 Å². The highest BCUT2D eigenvalue weighted by Gasteiger charge is 2.09. The maximum atomic E-state index is 4.39. The molecule has 22 heavy (non-hydrogen) atoms. The Hall–Kier alpha value is -1.94. The van der Waals surface area contributed by atoms with Gasteiger partial charge in [-0.05, 0) is 58.0 Å². The van der Waals surface area contributed by atoms with Crippen LogP contribution in [0.2, 0.25) is 0 Å². The molecule has 1 aliphatic heterocycles. The molecule has 4 nitrogen and oxygen atoms in total. The van der Waals surface area contributed by atoms with Crippen LogP contribution < -0.4 is 5.32 Å². The predicted octanol–water partition coefficient (Wildman–Crippen LogP) is 3.35. The number of hydrogen-bond donors (Lipinski definition) is 1. The quantitative estimate of drug-likeness (QED) is 0.591. The molecular formula is C18H28N4. The molecule has 0 unspecified atom stereocenters. The molecule has 0 aliphatic carbocycles. The van der Waals surface area contributed by atoms with Gasteiger partial charge in [0.25, 0.3) is 0 Å². The van der Waals surface area contributed by atoms with Crippen LogP contribution in [-0.4, -0.2) is 42.3 Å². The molecule has 0 bridgehead atoms. The van der Waals surface area contributed by atoms with Crippen molar-refractivity contribution in [2.75, 3.05) is 26.2 Å². The summed E-state index contributed by atoms with van der Waals surface area (Å²) in [6, 6.07) is 5.87. The van der Waals surface area contributed by atoms with Crippen LogP contribution in [0, 0.1) is 0 Å². The van der Waals surface area contributed by atoms with Crippen LogP contribution in [0.15, 0.2) is 47.9 Å². The lowest BCUT2D eigenvalue weighted by Crippen LogP contribution is -2.24. The molecular weight excluding hydrogens is 272 g/mol. The molecule has 1 fully saturated rings. The Morgan fingerprint density at radius 1 is 1.45 bits per heavy atom. The van der Waals surface area contributed by atoms with E-state index in [1.807, 2.05) is 37.4 Å². The second kappa shape index (κ2) is 9.15. The SMILES string of the molecule is C=C(/N=C\C(=C/C)c1ccccn1)NCCCN1CCCC1.[HH]. The Bertz CT molecular complexity index is 519. The van der Waals surface area contributed by atoms with E-state index in [0.29, 0.717) is 5.82 Å². The number of nitrogens with zero attached hydrogens (tertiary/aromatic N) is 3. The number of hydrogen-bond acceptors (Lipinski definition) is 4. The highest BCUT2D eigenvalue weighted by atomic mass is 15.1. The van der Waals surface area contributed by atoms with Gasteiger partial charge in [-0.2, -0.15) is 0 Å². The van der Waals surface area contributed by atoms with Gasteiger partial charge in [0.1, 0.15) is 5.82 Å². The summed E-state index contributed by atoms with van der Waals surface area (Å²) in [7, 11) is 0. The van der Waals surface area contributed by atoms with Gasteiger partial charge in [-0.1, -0.05) is 18.7 Å². The van der Waals surface area contributed by atoms with Crippen molar-refractivity contribution in [3.8, 4) is 0 Å². The lowest BCUT2D eigenvalue weighted by Gasteiger charge is -2.14. The zero-order valence-corrected chi connectivity index (χ0v) is 13.5.